The third kappa shape index (κ3) is 1.64. The average molecular weight is 282 g/mol. The first-order valence-electron chi connectivity index (χ1n) is 6.62. The van der Waals surface area contributed by atoms with E-state index >= 15 is 0 Å². The van der Waals surface area contributed by atoms with E-state index in [1.54, 1.807) is 11.8 Å². The van der Waals surface area contributed by atoms with E-state index in [4.69, 9.17) is 4.74 Å². The zero-order valence-corrected chi connectivity index (χ0v) is 11.9. The summed E-state index contributed by atoms with van der Waals surface area (Å²) < 4.78 is 6.13. The van der Waals surface area contributed by atoms with Crippen molar-refractivity contribution in [3.8, 4) is 11.5 Å². The van der Waals surface area contributed by atoms with Crippen LogP contribution in [0, 0.1) is 0 Å². The molecule has 1 unspecified atom stereocenters. The van der Waals surface area contributed by atoms with E-state index in [1.165, 1.54) is 5.56 Å². The van der Waals surface area contributed by atoms with Crippen LogP contribution in [-0.2, 0) is 0 Å². The van der Waals surface area contributed by atoms with Crippen molar-refractivity contribution in [3.05, 3.63) is 54.1 Å². The summed E-state index contributed by atoms with van der Waals surface area (Å²) in [6.45, 7) is 0.783. The summed E-state index contributed by atoms with van der Waals surface area (Å²) >= 11 is 1.69. The predicted molar refractivity (Wildman–Crippen MR) is 84.0 cm³/mol. The van der Waals surface area contributed by atoms with Crippen molar-refractivity contribution < 1.29 is 4.74 Å². The quantitative estimate of drug-likeness (QED) is 0.728. The topological polar surface area (TPSA) is 24.8 Å². The zero-order valence-electron chi connectivity index (χ0n) is 11.1. The van der Waals surface area contributed by atoms with Crippen molar-refractivity contribution in [1.82, 2.24) is 0 Å². The summed E-state index contributed by atoms with van der Waals surface area (Å²) in [5.74, 6) is 1.83. The summed E-state index contributed by atoms with van der Waals surface area (Å²) in [7, 11) is 0. The molecule has 4 rings (SSSR count). The summed E-state index contributed by atoms with van der Waals surface area (Å²) in [5, 5.41) is 1.06. The van der Waals surface area contributed by atoms with Gasteiger partial charge in [-0.05, 0) is 24.5 Å². The molecule has 0 amide bonds. The Kier molecular flexibility index (Phi) is 2.70. The normalized spacial score (nSPS) is 19.4. The average Bonchev–Trinajstić information content (AvgIpc) is 2.86. The maximum absolute atomic E-state index is 6.13. The van der Waals surface area contributed by atoms with E-state index in [1.807, 2.05) is 30.3 Å². The fraction of sp³-hybridized carbons (Fsp3) is 0.188. The molecule has 0 spiro atoms. The molecule has 0 aliphatic carbocycles. The van der Waals surface area contributed by atoms with Gasteiger partial charge in [0.25, 0.3) is 0 Å². The van der Waals surface area contributed by atoms with Gasteiger partial charge in [-0.15, -0.1) is 0 Å². The van der Waals surface area contributed by atoms with Crippen molar-refractivity contribution in [3.63, 3.8) is 0 Å². The Hall–Kier alpha value is -1.94. The highest BCUT2D eigenvalue weighted by Crippen LogP contribution is 2.46. The molecule has 0 fully saturated rings. The Morgan fingerprint density at radius 1 is 1.10 bits per heavy atom. The van der Waals surface area contributed by atoms with Crippen LogP contribution in [0.2, 0.25) is 0 Å². The summed E-state index contributed by atoms with van der Waals surface area (Å²) in [6, 6.07) is 16.7. The molecule has 100 valence electrons. The number of thioether (sulfide) groups is 1. The summed E-state index contributed by atoms with van der Waals surface area (Å²) in [4.78, 5) is 6.99. The molecule has 0 N–H and O–H groups in total. The number of hydrogen-bond donors (Lipinski definition) is 0. The van der Waals surface area contributed by atoms with Crippen molar-refractivity contribution in [1.29, 1.82) is 0 Å². The lowest BCUT2D eigenvalue weighted by Gasteiger charge is -2.25. The zero-order chi connectivity index (χ0) is 13.5. The maximum Gasteiger partial charge on any atom is 0.164 e. The second-order valence-corrected chi connectivity index (χ2v) is 5.59. The van der Waals surface area contributed by atoms with Gasteiger partial charge in [0.05, 0.1) is 18.3 Å². The van der Waals surface area contributed by atoms with Crippen LogP contribution in [0.25, 0.3) is 0 Å². The molecule has 3 nitrogen and oxygen atoms in total. The lowest BCUT2D eigenvalue weighted by atomic mass is 10.1. The third-order valence-electron chi connectivity index (χ3n) is 3.72. The first-order valence-corrected chi connectivity index (χ1v) is 7.84. The molecule has 0 radical (unpaired) electrons. The Balaban J connectivity index is 1.95. The van der Waals surface area contributed by atoms with Gasteiger partial charge in [-0.3, -0.25) is 4.99 Å². The molecular weight excluding hydrogens is 268 g/mol. The van der Waals surface area contributed by atoms with Crippen LogP contribution >= 0.6 is 11.8 Å². The SMILES string of the molecule is CSC1=NCC2c3ccccc3Oc3ccccc3N12. The molecule has 2 aromatic carbocycles. The number of benzene rings is 2. The molecule has 2 aliphatic rings. The van der Waals surface area contributed by atoms with Crippen LogP contribution in [0.15, 0.2) is 53.5 Å². The van der Waals surface area contributed by atoms with Crippen LogP contribution in [0.4, 0.5) is 5.69 Å². The Bertz CT molecular complexity index is 698. The number of para-hydroxylation sites is 3. The number of ether oxygens (including phenoxy) is 1. The molecule has 0 aromatic heterocycles. The highest BCUT2D eigenvalue weighted by molar-refractivity contribution is 8.13. The molecule has 2 aromatic rings. The van der Waals surface area contributed by atoms with Gasteiger partial charge >= 0.3 is 0 Å². The molecule has 2 heterocycles. The minimum Gasteiger partial charge on any atom is -0.455 e. The monoisotopic (exact) mass is 282 g/mol. The lowest BCUT2D eigenvalue weighted by molar-refractivity contribution is 0.482. The van der Waals surface area contributed by atoms with Gasteiger partial charge in [0.15, 0.2) is 10.9 Å². The summed E-state index contributed by atoms with van der Waals surface area (Å²) in [5.41, 5.74) is 2.30. The predicted octanol–water partition coefficient (Wildman–Crippen LogP) is 4.07. The van der Waals surface area contributed by atoms with E-state index in [9.17, 15) is 0 Å². The molecule has 0 saturated carbocycles. The Morgan fingerprint density at radius 2 is 1.85 bits per heavy atom. The van der Waals surface area contributed by atoms with Crippen LogP contribution in [-0.4, -0.2) is 18.0 Å². The first-order chi connectivity index (χ1) is 9.88. The van der Waals surface area contributed by atoms with Crippen molar-refractivity contribution in [2.45, 2.75) is 6.04 Å². The second kappa shape index (κ2) is 4.56. The van der Waals surface area contributed by atoms with Gasteiger partial charge in [0.1, 0.15) is 5.75 Å². The van der Waals surface area contributed by atoms with Gasteiger partial charge in [-0.25, -0.2) is 0 Å². The number of amidine groups is 1. The lowest BCUT2D eigenvalue weighted by Crippen LogP contribution is -2.28. The number of fused-ring (bicyclic) bond motifs is 5. The minimum atomic E-state index is 0.234. The van der Waals surface area contributed by atoms with Gasteiger partial charge < -0.3 is 9.64 Å². The van der Waals surface area contributed by atoms with Crippen molar-refractivity contribution >= 4 is 22.6 Å². The van der Waals surface area contributed by atoms with Crippen LogP contribution < -0.4 is 9.64 Å². The number of aliphatic imine (C=N–C) groups is 1. The van der Waals surface area contributed by atoms with Crippen LogP contribution in [0.1, 0.15) is 11.6 Å². The number of anilines is 1. The first kappa shape index (κ1) is 11.9. The number of hydrogen-bond acceptors (Lipinski definition) is 4. The van der Waals surface area contributed by atoms with Gasteiger partial charge in [0.2, 0.25) is 0 Å². The third-order valence-corrected chi connectivity index (χ3v) is 4.41. The fourth-order valence-corrected chi connectivity index (χ4v) is 3.46. The second-order valence-electron chi connectivity index (χ2n) is 4.82. The van der Waals surface area contributed by atoms with E-state index in [0.29, 0.717) is 0 Å². The molecule has 4 heteroatoms. The maximum atomic E-state index is 6.13. The fourth-order valence-electron chi connectivity index (χ4n) is 2.84. The molecule has 20 heavy (non-hydrogen) atoms. The Labute approximate surface area is 122 Å². The van der Waals surface area contributed by atoms with Gasteiger partial charge in [-0.1, -0.05) is 42.1 Å². The standard InChI is InChI=1S/C16H14N2OS/c1-20-16-17-10-13-11-6-2-4-8-14(11)19-15-9-5-3-7-12(15)18(13)16/h2-9,13H,10H2,1H3. The highest BCUT2D eigenvalue weighted by atomic mass is 32.2. The van der Waals surface area contributed by atoms with Gasteiger partial charge in [0, 0.05) is 5.56 Å². The Morgan fingerprint density at radius 3 is 2.70 bits per heavy atom. The molecule has 2 aliphatic heterocycles. The van der Waals surface area contributed by atoms with E-state index in [0.717, 1.165) is 28.9 Å². The van der Waals surface area contributed by atoms with Crippen LogP contribution in [0.5, 0.6) is 11.5 Å². The molecule has 0 bridgehead atoms. The van der Waals surface area contributed by atoms with Gasteiger partial charge in [-0.2, -0.15) is 0 Å². The smallest absolute Gasteiger partial charge is 0.164 e. The number of rotatable bonds is 0. The van der Waals surface area contributed by atoms with Crippen molar-refractivity contribution in [2.75, 3.05) is 17.7 Å². The highest BCUT2D eigenvalue weighted by Gasteiger charge is 2.35. The van der Waals surface area contributed by atoms with E-state index < -0.39 is 0 Å². The van der Waals surface area contributed by atoms with E-state index in [-0.39, 0.29) is 6.04 Å². The largest absolute Gasteiger partial charge is 0.455 e. The van der Waals surface area contributed by atoms with E-state index in [2.05, 4.69) is 34.3 Å². The minimum absolute atomic E-state index is 0.234. The van der Waals surface area contributed by atoms with Crippen molar-refractivity contribution in [2.24, 2.45) is 4.99 Å². The van der Waals surface area contributed by atoms with Crippen LogP contribution in [0.3, 0.4) is 0 Å². The molecule has 1 atom stereocenters. The molecule has 0 saturated heterocycles. The molecular formula is C16H14N2OS. The number of nitrogens with zero attached hydrogens (tertiary/aromatic N) is 2. The summed E-state index contributed by atoms with van der Waals surface area (Å²) in [6.07, 6.45) is 2.07.